The molecule has 0 saturated heterocycles. The van der Waals surface area contributed by atoms with Crippen LogP contribution in [0, 0.1) is 17.0 Å². The van der Waals surface area contributed by atoms with Crippen LogP contribution in [0.3, 0.4) is 0 Å². The number of hydrogen-bond donors (Lipinski definition) is 1. The molecule has 0 radical (unpaired) electrons. The van der Waals surface area contributed by atoms with Gasteiger partial charge in [-0.15, -0.1) is 0 Å². The Labute approximate surface area is 122 Å². The van der Waals surface area contributed by atoms with Gasteiger partial charge in [-0.2, -0.15) is 5.10 Å². The zero-order chi connectivity index (χ0) is 15.6. The summed E-state index contributed by atoms with van der Waals surface area (Å²) < 4.78 is 7.05. The van der Waals surface area contributed by atoms with E-state index in [2.05, 4.69) is 5.10 Å². The summed E-state index contributed by atoms with van der Waals surface area (Å²) in [6.45, 7) is 5.90. The van der Waals surface area contributed by atoms with Crippen molar-refractivity contribution in [3.8, 4) is 5.75 Å². The van der Waals surface area contributed by atoms with Gasteiger partial charge in [-0.25, -0.2) is 4.68 Å². The molecule has 21 heavy (non-hydrogen) atoms. The molecule has 1 heterocycles. The standard InChI is InChI=1S/C14H18N4O3/c1-4-21-12-8-6-5-7-11(12)10(3)17-14(15)13(18(19)20)9(2)16-17/h5-8,10H,4,15H2,1-3H3. The maximum atomic E-state index is 11.0. The predicted octanol–water partition coefficient (Wildman–Crippen LogP) is 2.69. The van der Waals surface area contributed by atoms with Crippen LogP contribution in [-0.2, 0) is 0 Å². The lowest BCUT2D eigenvalue weighted by Crippen LogP contribution is -2.13. The van der Waals surface area contributed by atoms with Crippen LogP contribution in [0.1, 0.15) is 31.1 Å². The van der Waals surface area contributed by atoms with Gasteiger partial charge in [-0.1, -0.05) is 18.2 Å². The maximum Gasteiger partial charge on any atom is 0.333 e. The maximum absolute atomic E-state index is 11.0. The summed E-state index contributed by atoms with van der Waals surface area (Å²) in [6.07, 6.45) is 0. The molecule has 0 aliphatic rings. The van der Waals surface area contributed by atoms with Crippen LogP contribution in [0.25, 0.3) is 0 Å². The van der Waals surface area contributed by atoms with Crippen molar-refractivity contribution in [2.24, 2.45) is 0 Å². The van der Waals surface area contributed by atoms with Gasteiger partial charge in [0.1, 0.15) is 11.4 Å². The first-order chi connectivity index (χ1) is 9.97. The molecule has 7 heteroatoms. The third-order valence-electron chi connectivity index (χ3n) is 3.31. The molecule has 0 aliphatic heterocycles. The Balaban J connectivity index is 2.48. The number of para-hydroxylation sites is 1. The molecule has 2 rings (SSSR count). The normalized spacial score (nSPS) is 12.1. The van der Waals surface area contributed by atoms with E-state index in [1.165, 1.54) is 4.68 Å². The first-order valence-electron chi connectivity index (χ1n) is 6.68. The van der Waals surface area contributed by atoms with E-state index in [1.54, 1.807) is 6.92 Å². The highest BCUT2D eigenvalue weighted by molar-refractivity contribution is 5.57. The Morgan fingerprint density at radius 2 is 2.14 bits per heavy atom. The number of nitrogens with zero attached hydrogens (tertiary/aromatic N) is 3. The van der Waals surface area contributed by atoms with Gasteiger partial charge in [0, 0.05) is 5.56 Å². The van der Waals surface area contributed by atoms with Crippen LogP contribution < -0.4 is 10.5 Å². The van der Waals surface area contributed by atoms with Crippen LogP contribution in [0.4, 0.5) is 11.5 Å². The third kappa shape index (κ3) is 2.67. The van der Waals surface area contributed by atoms with E-state index < -0.39 is 4.92 Å². The number of nitro groups is 1. The van der Waals surface area contributed by atoms with E-state index in [-0.39, 0.29) is 17.5 Å². The number of benzene rings is 1. The second kappa shape index (κ2) is 5.82. The molecule has 1 atom stereocenters. The molecule has 0 aliphatic carbocycles. The molecule has 1 aromatic carbocycles. The second-order valence-electron chi connectivity index (χ2n) is 4.67. The molecule has 0 amide bonds. The summed E-state index contributed by atoms with van der Waals surface area (Å²) >= 11 is 0. The van der Waals surface area contributed by atoms with E-state index in [0.29, 0.717) is 12.3 Å². The van der Waals surface area contributed by atoms with E-state index in [1.807, 2.05) is 38.1 Å². The first-order valence-corrected chi connectivity index (χ1v) is 6.68. The van der Waals surface area contributed by atoms with E-state index in [9.17, 15) is 10.1 Å². The van der Waals surface area contributed by atoms with Crippen molar-refractivity contribution in [3.05, 3.63) is 45.6 Å². The van der Waals surface area contributed by atoms with Gasteiger partial charge in [0.05, 0.1) is 17.6 Å². The minimum atomic E-state index is -0.505. The highest BCUT2D eigenvalue weighted by atomic mass is 16.6. The number of nitrogen functional groups attached to an aromatic ring is 1. The van der Waals surface area contributed by atoms with Crippen molar-refractivity contribution in [1.29, 1.82) is 0 Å². The fraction of sp³-hybridized carbons (Fsp3) is 0.357. The Morgan fingerprint density at radius 1 is 1.48 bits per heavy atom. The summed E-state index contributed by atoms with van der Waals surface area (Å²) in [6, 6.07) is 7.26. The Morgan fingerprint density at radius 3 is 2.71 bits per heavy atom. The number of aryl methyl sites for hydroxylation is 1. The Hall–Kier alpha value is -2.57. The molecular weight excluding hydrogens is 272 g/mol. The van der Waals surface area contributed by atoms with Gasteiger partial charge in [-0.05, 0) is 26.8 Å². The van der Waals surface area contributed by atoms with Crippen molar-refractivity contribution >= 4 is 11.5 Å². The summed E-state index contributed by atoms with van der Waals surface area (Å²) in [7, 11) is 0. The molecule has 2 N–H and O–H groups in total. The largest absolute Gasteiger partial charge is 0.494 e. The van der Waals surface area contributed by atoms with E-state index in [0.717, 1.165) is 11.3 Å². The lowest BCUT2D eigenvalue weighted by atomic mass is 10.1. The number of ether oxygens (including phenoxy) is 1. The van der Waals surface area contributed by atoms with Crippen LogP contribution in [-0.4, -0.2) is 21.3 Å². The van der Waals surface area contributed by atoms with Gasteiger partial charge in [0.15, 0.2) is 0 Å². The summed E-state index contributed by atoms with van der Waals surface area (Å²) in [4.78, 5) is 10.5. The van der Waals surface area contributed by atoms with Crippen LogP contribution in [0.5, 0.6) is 5.75 Å². The fourth-order valence-corrected chi connectivity index (χ4v) is 2.32. The molecule has 1 aromatic heterocycles. The van der Waals surface area contributed by atoms with Gasteiger partial charge in [-0.3, -0.25) is 10.1 Å². The van der Waals surface area contributed by atoms with Crippen molar-refractivity contribution in [2.75, 3.05) is 12.3 Å². The number of aromatic nitrogens is 2. The molecule has 112 valence electrons. The highest BCUT2D eigenvalue weighted by Gasteiger charge is 2.26. The summed E-state index contributed by atoms with van der Waals surface area (Å²) in [5.74, 6) is 0.777. The summed E-state index contributed by atoms with van der Waals surface area (Å²) in [5, 5.41) is 15.2. The number of hydrogen-bond acceptors (Lipinski definition) is 5. The van der Waals surface area contributed by atoms with Crippen LogP contribution >= 0.6 is 0 Å². The van der Waals surface area contributed by atoms with Gasteiger partial charge < -0.3 is 10.5 Å². The minimum Gasteiger partial charge on any atom is -0.494 e. The van der Waals surface area contributed by atoms with Crippen molar-refractivity contribution in [3.63, 3.8) is 0 Å². The average Bonchev–Trinajstić information content (AvgIpc) is 2.74. The monoisotopic (exact) mass is 290 g/mol. The molecule has 0 spiro atoms. The lowest BCUT2D eigenvalue weighted by molar-refractivity contribution is -0.384. The number of nitrogens with two attached hydrogens (primary N) is 1. The van der Waals surface area contributed by atoms with Crippen molar-refractivity contribution < 1.29 is 9.66 Å². The molecule has 0 bridgehead atoms. The quantitative estimate of drug-likeness (QED) is 0.674. The van der Waals surface area contributed by atoms with Crippen LogP contribution in [0.15, 0.2) is 24.3 Å². The summed E-state index contributed by atoms with van der Waals surface area (Å²) in [5.41, 5.74) is 6.92. The molecule has 0 fully saturated rings. The SMILES string of the molecule is CCOc1ccccc1C(C)n1nc(C)c([N+](=O)[O-])c1N. The third-order valence-corrected chi connectivity index (χ3v) is 3.31. The molecular formula is C14H18N4O3. The Kier molecular flexibility index (Phi) is 4.11. The van der Waals surface area contributed by atoms with Crippen molar-refractivity contribution in [2.45, 2.75) is 26.8 Å². The second-order valence-corrected chi connectivity index (χ2v) is 4.67. The zero-order valence-electron chi connectivity index (χ0n) is 12.2. The number of rotatable bonds is 5. The molecule has 2 aromatic rings. The van der Waals surface area contributed by atoms with Crippen molar-refractivity contribution in [1.82, 2.24) is 9.78 Å². The predicted molar refractivity (Wildman–Crippen MR) is 79.5 cm³/mol. The van der Waals surface area contributed by atoms with E-state index in [4.69, 9.17) is 10.5 Å². The smallest absolute Gasteiger partial charge is 0.333 e. The van der Waals surface area contributed by atoms with Gasteiger partial charge in [0.2, 0.25) is 5.82 Å². The Bertz CT molecular complexity index is 666. The van der Waals surface area contributed by atoms with Gasteiger partial charge in [0.25, 0.3) is 0 Å². The lowest BCUT2D eigenvalue weighted by Gasteiger charge is -2.17. The molecule has 1 unspecified atom stereocenters. The number of anilines is 1. The molecule has 0 saturated carbocycles. The minimum absolute atomic E-state index is 0.0521. The van der Waals surface area contributed by atoms with Crippen LogP contribution in [0.2, 0.25) is 0 Å². The average molecular weight is 290 g/mol. The zero-order valence-corrected chi connectivity index (χ0v) is 12.2. The highest BCUT2D eigenvalue weighted by Crippen LogP contribution is 2.33. The topological polar surface area (TPSA) is 96.2 Å². The van der Waals surface area contributed by atoms with Gasteiger partial charge >= 0.3 is 5.69 Å². The first kappa shape index (κ1) is 14.8. The fourth-order valence-electron chi connectivity index (χ4n) is 2.32. The van der Waals surface area contributed by atoms with E-state index >= 15 is 0 Å². The molecule has 7 nitrogen and oxygen atoms in total.